The van der Waals surface area contributed by atoms with Crippen molar-refractivity contribution in [2.45, 2.75) is 79.9 Å². The van der Waals surface area contributed by atoms with Gasteiger partial charge >= 0.3 is 5.97 Å². The quantitative estimate of drug-likeness (QED) is 0.0350. The van der Waals surface area contributed by atoms with E-state index >= 15 is 0 Å². The van der Waals surface area contributed by atoms with Crippen molar-refractivity contribution in [3.05, 3.63) is 83.6 Å². The molecule has 2 aliphatic rings. The average molecular weight is 922 g/mol. The third-order valence-electron chi connectivity index (χ3n) is 11.4. The molecule has 4 rings (SSSR count). The van der Waals surface area contributed by atoms with Crippen LogP contribution >= 0.6 is 0 Å². The number of nitrogens with zero attached hydrogens (tertiary/aromatic N) is 2. The van der Waals surface area contributed by atoms with Crippen LogP contribution in [0.25, 0.3) is 0 Å². The predicted molar refractivity (Wildman–Crippen MR) is 239 cm³/mol. The lowest BCUT2D eigenvalue weighted by Gasteiger charge is -2.30. The number of carbonyl (C=O) groups is 1. The molecule has 0 saturated carbocycles. The van der Waals surface area contributed by atoms with Crippen LogP contribution in [0.15, 0.2) is 82.3 Å². The summed E-state index contributed by atoms with van der Waals surface area (Å²) in [6, 6.07) is 9.24. The zero-order chi connectivity index (χ0) is 46.1. The van der Waals surface area contributed by atoms with E-state index in [4.69, 9.17) is 28.4 Å². The molecular weight excluding hydrogens is 857 g/mol. The van der Waals surface area contributed by atoms with Gasteiger partial charge in [0.05, 0.1) is 68.1 Å². The fourth-order valence-electron chi connectivity index (χ4n) is 8.05. The fraction of sp³-hybridized carbons (Fsp3) is 0.556. The molecule has 350 valence electrons. The van der Waals surface area contributed by atoms with Crippen molar-refractivity contribution in [2.24, 2.45) is 0 Å². The van der Waals surface area contributed by atoms with Gasteiger partial charge in [0, 0.05) is 81.3 Å². The molecule has 2 aromatic rings. The lowest BCUT2D eigenvalue weighted by Crippen LogP contribution is -2.33. The summed E-state index contributed by atoms with van der Waals surface area (Å²) in [5.41, 5.74) is 3.38. The molecule has 2 heterocycles. The second kappa shape index (κ2) is 24.5. The standard InChI is InChI=1S/C45H64N2O14S2/c1-6-46-39-18-16-35(62(50,51)52)33-37(39)44(2,20-23-58-29-31-60-27-25-56-4)41(46)13-9-7-10-14-42-45(3,21-24-59-30-32-61-28-26-57-5)38-34-36(63(53,54)55)17-19-40(38)47(42)22-12-8-11-15-43(48)49/h7,9-10,13-14,16-19,33-34H,6,8,11-12,15,20-32H2,1-5H3,(H2-,48,49,50,51,52,53,54,55)/p+1. The summed E-state index contributed by atoms with van der Waals surface area (Å²) in [5, 5.41) is 9.20. The molecule has 2 atom stereocenters. The molecule has 0 saturated heterocycles. The maximum Gasteiger partial charge on any atom is 0.303 e. The van der Waals surface area contributed by atoms with E-state index in [1.54, 1.807) is 26.4 Å². The summed E-state index contributed by atoms with van der Waals surface area (Å²) in [6.45, 7) is 11.2. The Kier molecular flexibility index (Phi) is 20.1. The molecule has 0 spiro atoms. The lowest BCUT2D eigenvalue weighted by molar-refractivity contribution is -0.438. The van der Waals surface area contributed by atoms with Crippen molar-refractivity contribution >= 4 is 43.3 Å². The molecule has 0 radical (unpaired) electrons. The van der Waals surface area contributed by atoms with E-state index in [0.29, 0.717) is 117 Å². The smallest absolute Gasteiger partial charge is 0.303 e. The zero-order valence-electron chi connectivity index (χ0n) is 37.1. The number of fused-ring (bicyclic) bond motifs is 2. The Morgan fingerprint density at radius 1 is 0.698 bits per heavy atom. The molecule has 0 aliphatic carbocycles. The number of rotatable bonds is 30. The number of likely N-dealkylation sites (N-methyl/N-ethyl adjacent to an activating group) is 1. The van der Waals surface area contributed by atoms with Crippen LogP contribution in [0.3, 0.4) is 0 Å². The number of carboxylic acids is 1. The Morgan fingerprint density at radius 2 is 1.24 bits per heavy atom. The first kappa shape index (κ1) is 51.8. The fourth-order valence-corrected chi connectivity index (χ4v) is 9.07. The second-order valence-corrected chi connectivity index (χ2v) is 18.5. The van der Waals surface area contributed by atoms with E-state index in [9.17, 15) is 35.8 Å². The molecule has 18 heteroatoms. The summed E-state index contributed by atoms with van der Waals surface area (Å²) in [6.07, 6.45) is 12.6. The Bertz CT molecular complexity index is 2190. The Morgan fingerprint density at radius 3 is 1.79 bits per heavy atom. The van der Waals surface area contributed by atoms with E-state index in [1.165, 1.54) is 24.3 Å². The number of hydrogen-bond donors (Lipinski definition) is 3. The normalized spacial score (nSPS) is 19.6. The number of aliphatic carboxylic acids is 1. The molecule has 2 unspecified atom stereocenters. The van der Waals surface area contributed by atoms with Crippen molar-refractivity contribution in [1.29, 1.82) is 0 Å². The van der Waals surface area contributed by atoms with Crippen LogP contribution in [0.5, 0.6) is 0 Å². The Balaban J connectivity index is 1.69. The van der Waals surface area contributed by atoms with E-state index in [0.717, 1.165) is 28.3 Å². The van der Waals surface area contributed by atoms with E-state index < -0.39 is 37.0 Å². The number of carboxylic acid groups (broad SMARTS) is 1. The first-order valence-corrected chi connectivity index (χ1v) is 24.1. The van der Waals surface area contributed by atoms with Gasteiger partial charge in [-0.2, -0.15) is 21.4 Å². The summed E-state index contributed by atoms with van der Waals surface area (Å²) in [7, 11) is -5.78. The van der Waals surface area contributed by atoms with Crippen LogP contribution < -0.4 is 4.90 Å². The molecule has 63 heavy (non-hydrogen) atoms. The number of methoxy groups -OCH3 is 2. The topological polar surface area (TPSA) is 208 Å². The zero-order valence-corrected chi connectivity index (χ0v) is 38.8. The number of ether oxygens (including phenoxy) is 6. The monoisotopic (exact) mass is 921 g/mol. The maximum atomic E-state index is 12.4. The molecule has 2 aromatic carbocycles. The molecule has 0 bridgehead atoms. The molecular formula is C45H65N2O14S2+. The van der Waals surface area contributed by atoms with Gasteiger partial charge in [0.15, 0.2) is 5.71 Å². The molecule has 0 fully saturated rings. The first-order valence-electron chi connectivity index (χ1n) is 21.3. The van der Waals surface area contributed by atoms with Crippen LogP contribution in [0.4, 0.5) is 11.4 Å². The van der Waals surface area contributed by atoms with Gasteiger partial charge in [-0.25, -0.2) is 0 Å². The van der Waals surface area contributed by atoms with Crippen LogP contribution in [0, 0.1) is 0 Å². The van der Waals surface area contributed by atoms with E-state index in [-0.39, 0.29) is 16.2 Å². The average Bonchev–Trinajstić information content (AvgIpc) is 3.61. The first-order chi connectivity index (χ1) is 30.0. The van der Waals surface area contributed by atoms with Gasteiger partial charge in [0.25, 0.3) is 20.2 Å². The molecule has 0 aromatic heterocycles. The van der Waals surface area contributed by atoms with E-state index in [1.807, 2.05) is 51.2 Å². The van der Waals surface area contributed by atoms with Crippen LogP contribution in [-0.4, -0.2) is 141 Å². The van der Waals surface area contributed by atoms with Crippen LogP contribution in [0.1, 0.15) is 70.4 Å². The minimum absolute atomic E-state index is 0.0634. The number of hydrogen-bond acceptors (Lipinski definition) is 12. The summed E-state index contributed by atoms with van der Waals surface area (Å²) in [4.78, 5) is 12.9. The third-order valence-corrected chi connectivity index (χ3v) is 13.1. The van der Waals surface area contributed by atoms with Crippen molar-refractivity contribution in [2.75, 3.05) is 98.3 Å². The van der Waals surface area contributed by atoms with Gasteiger partial charge in [-0.05, 0) is 88.4 Å². The number of benzene rings is 2. The van der Waals surface area contributed by atoms with Gasteiger partial charge < -0.3 is 38.4 Å². The van der Waals surface area contributed by atoms with Gasteiger partial charge in [0.1, 0.15) is 6.54 Å². The van der Waals surface area contributed by atoms with Gasteiger partial charge in [0.2, 0.25) is 5.69 Å². The highest BCUT2D eigenvalue weighted by atomic mass is 32.2. The van der Waals surface area contributed by atoms with Gasteiger partial charge in [-0.15, -0.1) is 0 Å². The second-order valence-electron chi connectivity index (χ2n) is 15.7. The highest BCUT2D eigenvalue weighted by Gasteiger charge is 2.48. The molecule has 0 amide bonds. The number of allylic oxidation sites excluding steroid dienone is 6. The number of unbranched alkanes of at least 4 members (excludes halogenated alkanes) is 2. The molecule has 3 N–H and O–H groups in total. The van der Waals surface area contributed by atoms with Crippen LogP contribution in [0.2, 0.25) is 0 Å². The number of anilines is 1. The maximum absolute atomic E-state index is 12.4. The Hall–Kier alpha value is -3.82. The molecule has 16 nitrogen and oxygen atoms in total. The highest BCUT2D eigenvalue weighted by molar-refractivity contribution is 7.86. The van der Waals surface area contributed by atoms with Crippen molar-refractivity contribution in [3.63, 3.8) is 0 Å². The predicted octanol–water partition coefficient (Wildman–Crippen LogP) is 6.11. The summed E-state index contributed by atoms with van der Waals surface area (Å²) >= 11 is 0. The van der Waals surface area contributed by atoms with E-state index in [2.05, 4.69) is 9.48 Å². The lowest BCUT2D eigenvalue weighted by atomic mass is 9.76. The van der Waals surface area contributed by atoms with Gasteiger partial charge in [-0.3, -0.25) is 13.9 Å². The Labute approximate surface area is 372 Å². The SMILES string of the molecule is CCN1/C(=C/C=C/C=C/C2=[N+](CCCCCC(=O)O)c3ccc(S(=O)(=O)O)cc3C2(C)CCOCCOCCOC)C(C)(CCOCCOCCOC)c2cc(S(=O)(=O)O)ccc21. The van der Waals surface area contributed by atoms with Crippen molar-refractivity contribution in [3.8, 4) is 0 Å². The minimum atomic E-state index is -4.52. The minimum Gasteiger partial charge on any atom is -0.481 e. The summed E-state index contributed by atoms with van der Waals surface area (Å²) < 4.78 is 104. The van der Waals surface area contributed by atoms with Crippen molar-refractivity contribution < 1.29 is 68.8 Å². The highest BCUT2D eigenvalue weighted by Crippen LogP contribution is 2.50. The third kappa shape index (κ3) is 14.1. The largest absolute Gasteiger partial charge is 0.481 e. The molecule has 2 aliphatic heterocycles. The van der Waals surface area contributed by atoms with Crippen molar-refractivity contribution in [1.82, 2.24) is 0 Å². The summed E-state index contributed by atoms with van der Waals surface area (Å²) in [5.74, 6) is -0.854. The van der Waals surface area contributed by atoms with Crippen LogP contribution in [-0.2, 0) is 64.3 Å². The van der Waals surface area contributed by atoms with Gasteiger partial charge in [-0.1, -0.05) is 18.2 Å².